The lowest BCUT2D eigenvalue weighted by Gasteiger charge is -2.12. The standard InChI is InChI=1S/C52H34N4/c1-4-13-35(14-5-1)40-32-47(36-15-6-2-7-16-36)54-48(33-40)37-22-26-42(27-23-37)55-49-21-11-10-19-43(49)44-28-24-39(34-51(44)55)38-25-29-50-46(31-38)45-20-12-30-53-52(45)56(50)41-17-8-3-9-18-41/h1-34H. The third-order valence-corrected chi connectivity index (χ3v) is 11.0. The average Bonchev–Trinajstić information content (AvgIpc) is 3.79. The first-order valence-corrected chi connectivity index (χ1v) is 19.0. The second-order valence-corrected chi connectivity index (χ2v) is 14.3. The Labute approximate surface area is 324 Å². The van der Waals surface area contributed by atoms with Crippen molar-refractivity contribution in [3.05, 3.63) is 206 Å². The number of pyridine rings is 2. The summed E-state index contributed by atoms with van der Waals surface area (Å²) >= 11 is 0. The first-order valence-electron chi connectivity index (χ1n) is 19.0. The Morgan fingerprint density at radius 1 is 0.304 bits per heavy atom. The van der Waals surface area contributed by atoms with Gasteiger partial charge in [-0.3, -0.25) is 4.57 Å². The van der Waals surface area contributed by atoms with E-state index in [0.717, 1.165) is 56.0 Å². The van der Waals surface area contributed by atoms with E-state index in [-0.39, 0.29) is 0 Å². The third-order valence-electron chi connectivity index (χ3n) is 11.0. The molecule has 0 unspecified atom stereocenters. The van der Waals surface area contributed by atoms with Crippen LogP contribution < -0.4 is 0 Å². The van der Waals surface area contributed by atoms with Crippen molar-refractivity contribution in [2.45, 2.75) is 0 Å². The van der Waals surface area contributed by atoms with Crippen LogP contribution in [-0.4, -0.2) is 19.1 Å². The summed E-state index contributed by atoms with van der Waals surface area (Å²) in [6, 6.07) is 71.3. The molecule has 0 bridgehead atoms. The Morgan fingerprint density at radius 3 is 1.62 bits per heavy atom. The van der Waals surface area contributed by atoms with E-state index >= 15 is 0 Å². The van der Waals surface area contributed by atoms with Crippen molar-refractivity contribution in [3.63, 3.8) is 0 Å². The first kappa shape index (κ1) is 31.9. The van der Waals surface area contributed by atoms with Crippen molar-refractivity contribution in [1.82, 2.24) is 19.1 Å². The largest absolute Gasteiger partial charge is 0.309 e. The Bertz CT molecular complexity index is 3160. The molecule has 7 aromatic carbocycles. The average molecular weight is 715 g/mol. The highest BCUT2D eigenvalue weighted by Crippen LogP contribution is 2.38. The van der Waals surface area contributed by atoms with Crippen LogP contribution in [0.25, 0.3) is 99.9 Å². The topological polar surface area (TPSA) is 35.6 Å². The highest BCUT2D eigenvalue weighted by molar-refractivity contribution is 6.12. The molecule has 262 valence electrons. The van der Waals surface area contributed by atoms with E-state index in [1.165, 1.54) is 43.9 Å². The van der Waals surface area contributed by atoms with E-state index in [4.69, 9.17) is 9.97 Å². The molecule has 0 fully saturated rings. The zero-order valence-electron chi connectivity index (χ0n) is 30.4. The molecule has 0 amide bonds. The maximum Gasteiger partial charge on any atom is 0.145 e. The maximum atomic E-state index is 5.18. The highest BCUT2D eigenvalue weighted by Gasteiger charge is 2.17. The second kappa shape index (κ2) is 13.1. The van der Waals surface area contributed by atoms with Crippen LogP contribution in [0.2, 0.25) is 0 Å². The zero-order valence-corrected chi connectivity index (χ0v) is 30.4. The molecule has 0 spiro atoms. The molecule has 11 aromatic rings. The van der Waals surface area contributed by atoms with Crippen LogP contribution >= 0.6 is 0 Å². The van der Waals surface area contributed by atoms with Gasteiger partial charge in [0, 0.05) is 50.2 Å². The number of hydrogen-bond donors (Lipinski definition) is 0. The summed E-state index contributed by atoms with van der Waals surface area (Å²) in [6.45, 7) is 0. The van der Waals surface area contributed by atoms with E-state index in [0.29, 0.717) is 0 Å². The van der Waals surface area contributed by atoms with Crippen LogP contribution in [0, 0.1) is 0 Å². The predicted molar refractivity (Wildman–Crippen MR) is 232 cm³/mol. The lowest BCUT2D eigenvalue weighted by molar-refractivity contribution is 1.14. The van der Waals surface area contributed by atoms with Gasteiger partial charge in [0.25, 0.3) is 0 Å². The van der Waals surface area contributed by atoms with Crippen LogP contribution in [0.4, 0.5) is 0 Å². The van der Waals surface area contributed by atoms with Crippen LogP contribution in [-0.2, 0) is 0 Å². The van der Waals surface area contributed by atoms with Crippen molar-refractivity contribution >= 4 is 43.7 Å². The molecule has 0 aliphatic heterocycles. The highest BCUT2D eigenvalue weighted by atomic mass is 15.0. The Balaban J connectivity index is 1.03. The van der Waals surface area contributed by atoms with Gasteiger partial charge in [-0.2, -0.15) is 0 Å². The van der Waals surface area contributed by atoms with E-state index in [1.54, 1.807) is 0 Å². The normalized spacial score (nSPS) is 11.6. The quantitative estimate of drug-likeness (QED) is 0.172. The number of hydrogen-bond acceptors (Lipinski definition) is 2. The minimum Gasteiger partial charge on any atom is -0.309 e. The Kier molecular flexibility index (Phi) is 7.46. The van der Waals surface area contributed by atoms with E-state index < -0.39 is 0 Å². The number of aromatic nitrogens is 4. The minimum absolute atomic E-state index is 0.945. The van der Waals surface area contributed by atoms with Crippen molar-refractivity contribution in [3.8, 4) is 56.1 Å². The van der Waals surface area contributed by atoms with E-state index in [2.05, 4.69) is 197 Å². The van der Waals surface area contributed by atoms with Crippen LogP contribution in [0.5, 0.6) is 0 Å². The summed E-state index contributed by atoms with van der Waals surface area (Å²) in [5, 5.41) is 4.79. The molecule has 4 heteroatoms. The van der Waals surface area contributed by atoms with Gasteiger partial charge in [0.05, 0.1) is 27.9 Å². The molecule has 56 heavy (non-hydrogen) atoms. The molecule has 0 aliphatic rings. The molecule has 11 rings (SSSR count). The Hall–Kier alpha value is -7.56. The number of nitrogens with zero attached hydrogens (tertiary/aromatic N) is 4. The molecule has 0 saturated carbocycles. The van der Waals surface area contributed by atoms with Crippen LogP contribution in [0.15, 0.2) is 206 Å². The van der Waals surface area contributed by atoms with Crippen molar-refractivity contribution in [2.75, 3.05) is 0 Å². The van der Waals surface area contributed by atoms with Gasteiger partial charge < -0.3 is 4.57 Å². The number of rotatable bonds is 6. The van der Waals surface area contributed by atoms with Crippen molar-refractivity contribution < 1.29 is 0 Å². The Morgan fingerprint density at radius 2 is 0.857 bits per heavy atom. The summed E-state index contributed by atoms with van der Waals surface area (Å²) in [5.74, 6) is 0. The van der Waals surface area contributed by atoms with Gasteiger partial charge in [-0.15, -0.1) is 0 Å². The second-order valence-electron chi connectivity index (χ2n) is 14.3. The molecule has 4 aromatic heterocycles. The van der Waals surface area contributed by atoms with E-state index in [9.17, 15) is 0 Å². The molecule has 0 radical (unpaired) electrons. The molecular weight excluding hydrogens is 681 g/mol. The monoisotopic (exact) mass is 714 g/mol. The van der Waals surface area contributed by atoms with Gasteiger partial charge in [0.1, 0.15) is 5.65 Å². The molecule has 4 nitrogen and oxygen atoms in total. The summed E-state index contributed by atoms with van der Waals surface area (Å²) in [5.41, 5.74) is 15.4. The zero-order chi connectivity index (χ0) is 37.0. The van der Waals surface area contributed by atoms with Gasteiger partial charge in [-0.05, 0) is 95.1 Å². The molecule has 0 N–H and O–H groups in total. The molecule has 0 atom stereocenters. The third kappa shape index (κ3) is 5.31. The molecule has 4 heterocycles. The fourth-order valence-corrected chi connectivity index (χ4v) is 8.31. The summed E-state index contributed by atoms with van der Waals surface area (Å²) in [4.78, 5) is 10.0. The van der Waals surface area contributed by atoms with Gasteiger partial charge in [-0.1, -0.05) is 127 Å². The summed E-state index contributed by atoms with van der Waals surface area (Å²) < 4.78 is 4.65. The van der Waals surface area contributed by atoms with Crippen molar-refractivity contribution in [2.24, 2.45) is 0 Å². The first-order chi connectivity index (χ1) is 27.8. The van der Waals surface area contributed by atoms with Gasteiger partial charge >= 0.3 is 0 Å². The SMILES string of the molecule is c1ccc(-c2cc(-c3ccccc3)nc(-c3ccc(-n4c5ccccc5c5ccc(-c6ccc7c(c6)c6cccnc6n7-c6ccccc6)cc54)cc3)c2)cc1. The molecule has 0 saturated heterocycles. The smallest absolute Gasteiger partial charge is 0.145 e. The van der Waals surface area contributed by atoms with Crippen molar-refractivity contribution in [1.29, 1.82) is 0 Å². The number of fused-ring (bicyclic) bond motifs is 6. The number of para-hydroxylation sites is 2. The van der Waals surface area contributed by atoms with Crippen LogP contribution in [0.3, 0.4) is 0 Å². The van der Waals surface area contributed by atoms with Gasteiger partial charge in [0.2, 0.25) is 0 Å². The minimum atomic E-state index is 0.945. The summed E-state index contributed by atoms with van der Waals surface area (Å²) in [7, 11) is 0. The maximum absolute atomic E-state index is 5.18. The number of benzene rings is 7. The molecule has 0 aliphatic carbocycles. The lowest BCUT2D eigenvalue weighted by atomic mass is 10.00. The van der Waals surface area contributed by atoms with E-state index in [1.807, 2.05) is 18.3 Å². The fourth-order valence-electron chi connectivity index (χ4n) is 8.31. The summed E-state index contributed by atoms with van der Waals surface area (Å²) in [6.07, 6.45) is 1.88. The van der Waals surface area contributed by atoms with Crippen LogP contribution in [0.1, 0.15) is 0 Å². The predicted octanol–water partition coefficient (Wildman–Crippen LogP) is 13.3. The fraction of sp³-hybridized carbons (Fsp3) is 0. The lowest BCUT2D eigenvalue weighted by Crippen LogP contribution is -1.95. The molecular formula is C52H34N4. The van der Waals surface area contributed by atoms with Gasteiger partial charge in [0.15, 0.2) is 0 Å². The van der Waals surface area contributed by atoms with Gasteiger partial charge in [-0.25, -0.2) is 9.97 Å².